The molecule has 0 aliphatic heterocycles. The molecule has 0 aliphatic carbocycles. The Balaban J connectivity index is 3.60. The van der Waals surface area contributed by atoms with Crippen molar-refractivity contribution in [3.05, 3.63) is 0 Å². The zero-order valence-corrected chi connectivity index (χ0v) is 14.8. The molecule has 0 aromatic heterocycles. The Morgan fingerprint density at radius 3 is 2.00 bits per heavy atom. The Kier molecular flexibility index (Phi) is 13.7. The lowest BCUT2D eigenvalue weighted by molar-refractivity contribution is 0.245. The molecule has 0 atom stereocenters. The van der Waals surface area contributed by atoms with E-state index in [1.165, 1.54) is 64.5 Å². The van der Waals surface area contributed by atoms with Gasteiger partial charge in [0.2, 0.25) is 0 Å². The van der Waals surface area contributed by atoms with Crippen molar-refractivity contribution in [2.45, 2.75) is 78.6 Å². The second kappa shape index (κ2) is 13.8. The third-order valence-electron chi connectivity index (χ3n) is 3.63. The molecule has 0 saturated heterocycles. The highest BCUT2D eigenvalue weighted by Crippen LogP contribution is 2.09. The topological polar surface area (TPSA) is 29.3 Å². The summed E-state index contributed by atoms with van der Waals surface area (Å²) < 4.78 is 0. The van der Waals surface area contributed by atoms with E-state index in [1.54, 1.807) is 0 Å². The van der Waals surface area contributed by atoms with E-state index in [1.807, 2.05) is 0 Å². The van der Waals surface area contributed by atoms with Gasteiger partial charge in [0.05, 0.1) is 4.99 Å². The summed E-state index contributed by atoms with van der Waals surface area (Å²) in [6.07, 6.45) is 11.9. The quantitative estimate of drug-likeness (QED) is 0.370. The summed E-state index contributed by atoms with van der Waals surface area (Å²) in [7, 11) is 0. The van der Waals surface area contributed by atoms with Crippen molar-refractivity contribution >= 4 is 17.2 Å². The Bertz CT molecular complexity index is 229. The first-order valence-corrected chi connectivity index (χ1v) is 8.97. The molecule has 0 rings (SSSR count). The molecule has 0 heterocycles. The van der Waals surface area contributed by atoms with E-state index in [4.69, 9.17) is 18.0 Å². The summed E-state index contributed by atoms with van der Waals surface area (Å²) in [5, 5.41) is 0. The smallest absolute Gasteiger partial charge is 0.0740 e. The summed E-state index contributed by atoms with van der Waals surface area (Å²) in [5.41, 5.74) is 5.61. The zero-order chi connectivity index (χ0) is 15.2. The zero-order valence-electron chi connectivity index (χ0n) is 14.0. The summed E-state index contributed by atoms with van der Waals surface area (Å²) >= 11 is 4.98. The van der Waals surface area contributed by atoms with Crippen LogP contribution in [-0.2, 0) is 0 Å². The largest absolute Gasteiger partial charge is 0.393 e. The van der Waals surface area contributed by atoms with Gasteiger partial charge >= 0.3 is 0 Å². The van der Waals surface area contributed by atoms with Crippen LogP contribution in [0.1, 0.15) is 78.6 Å². The van der Waals surface area contributed by atoms with Crippen LogP contribution < -0.4 is 5.73 Å². The predicted molar refractivity (Wildman–Crippen MR) is 95.3 cm³/mol. The molecule has 0 aromatic carbocycles. The minimum absolute atomic E-state index is 0.648. The normalized spacial score (nSPS) is 11.4. The lowest BCUT2D eigenvalue weighted by Crippen LogP contribution is -2.32. The average Bonchev–Trinajstić information content (AvgIpc) is 2.38. The lowest BCUT2D eigenvalue weighted by Gasteiger charge is -2.24. The van der Waals surface area contributed by atoms with Crippen molar-refractivity contribution in [3.8, 4) is 0 Å². The molecule has 3 heteroatoms. The maximum Gasteiger partial charge on any atom is 0.0740 e. The first-order valence-electron chi connectivity index (χ1n) is 8.57. The highest BCUT2D eigenvalue weighted by Gasteiger charge is 2.07. The van der Waals surface area contributed by atoms with Gasteiger partial charge in [-0.15, -0.1) is 0 Å². The fraction of sp³-hybridized carbons (Fsp3) is 0.941. The number of nitrogens with two attached hydrogens (primary N) is 1. The lowest BCUT2D eigenvalue weighted by atomic mass is 10.1. The second-order valence-electron chi connectivity index (χ2n) is 6.39. The van der Waals surface area contributed by atoms with E-state index in [0.717, 1.165) is 18.9 Å². The van der Waals surface area contributed by atoms with Crippen LogP contribution in [0.25, 0.3) is 0 Å². The van der Waals surface area contributed by atoms with Gasteiger partial charge in [-0.3, -0.25) is 0 Å². The second-order valence-corrected chi connectivity index (χ2v) is 6.91. The van der Waals surface area contributed by atoms with Crippen LogP contribution in [0.4, 0.5) is 0 Å². The number of hydrogen-bond acceptors (Lipinski definition) is 2. The Labute approximate surface area is 132 Å². The van der Waals surface area contributed by atoms with Gasteiger partial charge in [0, 0.05) is 19.5 Å². The van der Waals surface area contributed by atoms with E-state index < -0.39 is 0 Å². The molecule has 0 amide bonds. The van der Waals surface area contributed by atoms with Crippen molar-refractivity contribution in [2.75, 3.05) is 19.6 Å². The van der Waals surface area contributed by atoms with E-state index in [-0.39, 0.29) is 0 Å². The van der Waals surface area contributed by atoms with Crippen molar-refractivity contribution < 1.29 is 0 Å². The van der Waals surface area contributed by atoms with Gasteiger partial charge in [-0.25, -0.2) is 0 Å². The fourth-order valence-electron chi connectivity index (χ4n) is 2.55. The minimum Gasteiger partial charge on any atom is -0.393 e. The Hall–Kier alpha value is -0.150. The number of thiocarbonyl (C=S) groups is 1. The standard InChI is InChI=1S/C17H36N2S/c1-4-5-6-7-8-9-10-11-13-19(15-16(2)3)14-12-17(18)20/h16H,4-15H2,1-3H3,(H2,18,20). The molecule has 2 N–H and O–H groups in total. The van der Waals surface area contributed by atoms with Crippen molar-refractivity contribution in [2.24, 2.45) is 11.7 Å². The van der Waals surface area contributed by atoms with Crippen LogP contribution in [0.3, 0.4) is 0 Å². The predicted octanol–water partition coefficient (Wildman–Crippen LogP) is 4.76. The van der Waals surface area contributed by atoms with Crippen LogP contribution >= 0.6 is 12.2 Å². The van der Waals surface area contributed by atoms with Crippen LogP contribution in [-0.4, -0.2) is 29.5 Å². The van der Waals surface area contributed by atoms with Gasteiger partial charge in [0.25, 0.3) is 0 Å². The Morgan fingerprint density at radius 1 is 0.950 bits per heavy atom. The van der Waals surface area contributed by atoms with Gasteiger partial charge in [-0.05, 0) is 18.9 Å². The molecule has 0 saturated carbocycles. The molecule has 0 fully saturated rings. The van der Waals surface area contributed by atoms with Crippen LogP contribution in [0.2, 0.25) is 0 Å². The molecule has 120 valence electrons. The SMILES string of the molecule is CCCCCCCCCCN(CCC(N)=S)CC(C)C. The first-order chi connectivity index (χ1) is 9.56. The summed E-state index contributed by atoms with van der Waals surface area (Å²) in [6, 6.07) is 0. The number of hydrogen-bond donors (Lipinski definition) is 1. The van der Waals surface area contributed by atoms with Gasteiger partial charge in [-0.2, -0.15) is 0 Å². The van der Waals surface area contributed by atoms with E-state index in [0.29, 0.717) is 4.99 Å². The first kappa shape index (κ1) is 19.9. The average molecular weight is 301 g/mol. The van der Waals surface area contributed by atoms with Gasteiger partial charge < -0.3 is 10.6 Å². The maximum atomic E-state index is 5.61. The summed E-state index contributed by atoms with van der Waals surface area (Å²) in [6.45, 7) is 10.2. The van der Waals surface area contributed by atoms with Crippen molar-refractivity contribution in [1.82, 2.24) is 4.90 Å². The highest BCUT2D eigenvalue weighted by molar-refractivity contribution is 7.80. The molecular formula is C17H36N2S. The molecule has 0 aromatic rings. The number of unbranched alkanes of at least 4 members (excludes halogenated alkanes) is 7. The molecule has 0 bridgehead atoms. The van der Waals surface area contributed by atoms with Gasteiger partial charge in [0.15, 0.2) is 0 Å². The van der Waals surface area contributed by atoms with Crippen molar-refractivity contribution in [1.29, 1.82) is 0 Å². The third kappa shape index (κ3) is 14.3. The van der Waals surface area contributed by atoms with Crippen molar-refractivity contribution in [3.63, 3.8) is 0 Å². The molecule has 2 nitrogen and oxygen atoms in total. The minimum atomic E-state index is 0.648. The monoisotopic (exact) mass is 300 g/mol. The molecule has 0 spiro atoms. The highest BCUT2D eigenvalue weighted by atomic mass is 32.1. The summed E-state index contributed by atoms with van der Waals surface area (Å²) in [4.78, 5) is 3.18. The number of nitrogens with zero attached hydrogens (tertiary/aromatic N) is 1. The van der Waals surface area contributed by atoms with Crippen LogP contribution in [0, 0.1) is 5.92 Å². The third-order valence-corrected chi connectivity index (χ3v) is 3.83. The Morgan fingerprint density at radius 2 is 1.50 bits per heavy atom. The van der Waals surface area contributed by atoms with Crippen LogP contribution in [0.5, 0.6) is 0 Å². The molecule has 0 aliphatic rings. The number of rotatable bonds is 14. The van der Waals surface area contributed by atoms with Crippen LogP contribution in [0.15, 0.2) is 0 Å². The fourth-order valence-corrected chi connectivity index (χ4v) is 2.64. The molecule has 20 heavy (non-hydrogen) atoms. The van der Waals surface area contributed by atoms with E-state index in [2.05, 4.69) is 25.7 Å². The van der Waals surface area contributed by atoms with E-state index in [9.17, 15) is 0 Å². The van der Waals surface area contributed by atoms with Gasteiger partial charge in [-0.1, -0.05) is 77.9 Å². The molecular weight excluding hydrogens is 264 g/mol. The maximum absolute atomic E-state index is 5.61. The van der Waals surface area contributed by atoms with E-state index >= 15 is 0 Å². The van der Waals surface area contributed by atoms with Gasteiger partial charge in [0.1, 0.15) is 0 Å². The molecule has 0 radical (unpaired) electrons. The summed E-state index contributed by atoms with van der Waals surface area (Å²) in [5.74, 6) is 0.718. The molecule has 0 unspecified atom stereocenters.